The number of anilines is 1. The molecule has 1 unspecified atom stereocenters. The minimum Gasteiger partial charge on any atom is -0.478 e. The normalized spacial score (nSPS) is 16.6. The molecule has 1 aliphatic rings. The van der Waals surface area contributed by atoms with Crippen LogP contribution in [0.1, 0.15) is 15.9 Å². The van der Waals surface area contributed by atoms with Gasteiger partial charge in [-0.3, -0.25) is 4.90 Å². The number of aliphatic hydroxyl groups excluding tert-OH is 1. The molecule has 0 spiro atoms. The smallest absolute Gasteiger partial charge is 0.338 e. The molecule has 0 amide bonds. The van der Waals surface area contributed by atoms with Crippen LogP contribution < -0.4 is 4.90 Å². The molecule has 0 saturated carbocycles. The quantitative estimate of drug-likeness (QED) is 0.794. The summed E-state index contributed by atoms with van der Waals surface area (Å²) in [5.74, 6) is -0.849. The predicted octanol–water partition coefficient (Wildman–Crippen LogP) is 1.51. The third kappa shape index (κ3) is 4.87. The summed E-state index contributed by atoms with van der Waals surface area (Å²) in [5, 5.41) is 18.6. The van der Waals surface area contributed by atoms with Gasteiger partial charge in [0.25, 0.3) is 0 Å². The summed E-state index contributed by atoms with van der Waals surface area (Å²) in [4.78, 5) is 23.2. The van der Waals surface area contributed by atoms with E-state index in [0.717, 1.165) is 5.56 Å². The summed E-state index contributed by atoms with van der Waals surface area (Å²) in [6.45, 7) is 2.69. The van der Waals surface area contributed by atoms with E-state index in [1.807, 2.05) is 23.1 Å². The molecule has 3 rings (SSSR count). The van der Waals surface area contributed by atoms with Gasteiger partial charge in [-0.25, -0.2) is 19.2 Å². The fraction of sp³-hybridized carbons (Fsp3) is 0.316. The van der Waals surface area contributed by atoms with Crippen LogP contribution in [-0.4, -0.2) is 69.9 Å². The Morgan fingerprint density at radius 3 is 2.52 bits per heavy atom. The number of aromatic carboxylic acids is 1. The molecule has 142 valence electrons. The van der Waals surface area contributed by atoms with Gasteiger partial charge in [0.2, 0.25) is 5.95 Å². The first-order valence-electron chi connectivity index (χ1n) is 8.66. The van der Waals surface area contributed by atoms with Crippen molar-refractivity contribution in [2.24, 2.45) is 0 Å². The lowest BCUT2D eigenvalue weighted by Gasteiger charge is -2.37. The Morgan fingerprint density at radius 1 is 1.22 bits per heavy atom. The second kappa shape index (κ2) is 8.70. The molecule has 1 aliphatic heterocycles. The van der Waals surface area contributed by atoms with E-state index in [-0.39, 0.29) is 24.0 Å². The van der Waals surface area contributed by atoms with Crippen molar-refractivity contribution < 1.29 is 19.4 Å². The number of aliphatic hydroxyl groups is 1. The molecular formula is C19H21FN4O3. The monoisotopic (exact) mass is 372 g/mol. The minimum absolute atomic E-state index is 0.0321. The second-order valence-electron chi connectivity index (χ2n) is 6.26. The van der Waals surface area contributed by atoms with Crippen LogP contribution >= 0.6 is 0 Å². The van der Waals surface area contributed by atoms with Crippen LogP contribution in [0.2, 0.25) is 0 Å². The van der Waals surface area contributed by atoms with Gasteiger partial charge in [0.15, 0.2) is 0 Å². The third-order valence-corrected chi connectivity index (χ3v) is 4.50. The van der Waals surface area contributed by atoms with Crippen LogP contribution in [0, 0.1) is 5.82 Å². The Bertz CT molecular complexity index is 805. The van der Waals surface area contributed by atoms with Gasteiger partial charge in [0.05, 0.1) is 18.2 Å². The lowest BCUT2D eigenvalue weighted by Crippen LogP contribution is -2.51. The first kappa shape index (κ1) is 18.9. The Kier molecular flexibility index (Phi) is 6.10. The van der Waals surface area contributed by atoms with E-state index < -0.39 is 5.97 Å². The van der Waals surface area contributed by atoms with Crippen molar-refractivity contribution in [2.45, 2.75) is 6.04 Å². The molecule has 27 heavy (non-hydrogen) atoms. The van der Waals surface area contributed by atoms with Gasteiger partial charge in [0, 0.05) is 38.6 Å². The largest absolute Gasteiger partial charge is 0.478 e. The molecule has 2 N–H and O–H groups in total. The molecule has 0 radical (unpaired) electrons. The molecule has 2 heterocycles. The number of piperazine rings is 1. The highest BCUT2D eigenvalue weighted by atomic mass is 19.1. The van der Waals surface area contributed by atoms with Crippen molar-refractivity contribution in [1.82, 2.24) is 14.9 Å². The molecule has 0 bridgehead atoms. The Morgan fingerprint density at radius 2 is 1.93 bits per heavy atom. The molecule has 1 aromatic carbocycles. The molecule has 0 aliphatic carbocycles. The number of nitrogens with zero attached hydrogens (tertiary/aromatic N) is 4. The van der Waals surface area contributed by atoms with Gasteiger partial charge < -0.3 is 15.1 Å². The molecule has 1 fully saturated rings. The van der Waals surface area contributed by atoms with E-state index in [2.05, 4.69) is 14.9 Å². The summed E-state index contributed by atoms with van der Waals surface area (Å²) in [6.07, 6.45) is 6.29. The van der Waals surface area contributed by atoms with Crippen molar-refractivity contribution in [3.8, 4) is 0 Å². The van der Waals surface area contributed by atoms with Crippen LogP contribution in [0.4, 0.5) is 10.3 Å². The highest BCUT2D eigenvalue weighted by Crippen LogP contribution is 2.14. The van der Waals surface area contributed by atoms with Gasteiger partial charge in [-0.05, 0) is 17.7 Å². The zero-order valence-corrected chi connectivity index (χ0v) is 14.7. The van der Waals surface area contributed by atoms with E-state index in [9.17, 15) is 14.3 Å². The Labute approximate surface area is 156 Å². The fourth-order valence-corrected chi connectivity index (χ4v) is 2.98. The summed E-state index contributed by atoms with van der Waals surface area (Å²) in [7, 11) is 0. The number of rotatable bonds is 6. The molecule has 7 nitrogen and oxygen atoms in total. The first-order chi connectivity index (χ1) is 13.1. The van der Waals surface area contributed by atoms with Crippen molar-refractivity contribution >= 4 is 18.0 Å². The Balaban J connectivity index is 1.59. The second-order valence-corrected chi connectivity index (χ2v) is 6.26. The van der Waals surface area contributed by atoms with Gasteiger partial charge in [-0.2, -0.15) is 0 Å². The highest BCUT2D eigenvalue weighted by molar-refractivity contribution is 5.86. The maximum Gasteiger partial charge on any atom is 0.338 e. The number of benzene rings is 1. The van der Waals surface area contributed by atoms with Crippen LogP contribution in [-0.2, 0) is 0 Å². The fourth-order valence-electron chi connectivity index (χ4n) is 2.98. The number of hydrogen-bond acceptors (Lipinski definition) is 6. The van der Waals surface area contributed by atoms with Crippen molar-refractivity contribution in [3.63, 3.8) is 0 Å². The third-order valence-electron chi connectivity index (χ3n) is 4.50. The number of halogens is 1. The van der Waals surface area contributed by atoms with Crippen LogP contribution in [0.15, 0.2) is 42.7 Å². The average molecular weight is 372 g/mol. The van der Waals surface area contributed by atoms with Crippen LogP contribution in [0.25, 0.3) is 6.08 Å². The number of carboxylic acids is 1. The Hall–Kier alpha value is -2.84. The van der Waals surface area contributed by atoms with E-state index >= 15 is 0 Å². The molecule has 1 aromatic heterocycles. The summed E-state index contributed by atoms with van der Waals surface area (Å²) < 4.78 is 13.3. The van der Waals surface area contributed by atoms with Crippen LogP contribution in [0.5, 0.6) is 0 Å². The lowest BCUT2D eigenvalue weighted by molar-refractivity contribution is 0.0696. The maximum atomic E-state index is 13.3. The molecule has 8 heteroatoms. The summed E-state index contributed by atoms with van der Waals surface area (Å²) in [5.41, 5.74) is 0.805. The zero-order valence-electron chi connectivity index (χ0n) is 14.7. The summed E-state index contributed by atoms with van der Waals surface area (Å²) >= 11 is 0. The van der Waals surface area contributed by atoms with Crippen molar-refractivity contribution in [3.05, 3.63) is 59.7 Å². The standard InChI is InChI=1S/C19H21FN4O3/c20-16-3-1-2-14(10-16)4-5-17(13-25)23-6-8-24(9-7-23)19-21-11-15(12-22-19)18(26)27/h1-5,10-12,17,25H,6-9,13H2,(H,26,27)/b5-4+. The lowest BCUT2D eigenvalue weighted by atomic mass is 10.1. The van der Waals surface area contributed by atoms with Crippen molar-refractivity contribution in [1.29, 1.82) is 0 Å². The zero-order chi connectivity index (χ0) is 19.2. The van der Waals surface area contributed by atoms with Crippen LogP contribution in [0.3, 0.4) is 0 Å². The first-order valence-corrected chi connectivity index (χ1v) is 8.66. The molecule has 2 aromatic rings. The average Bonchev–Trinajstić information content (AvgIpc) is 2.69. The number of hydrogen-bond donors (Lipinski definition) is 2. The minimum atomic E-state index is -1.05. The van der Waals surface area contributed by atoms with E-state index in [1.165, 1.54) is 24.5 Å². The van der Waals surface area contributed by atoms with Gasteiger partial charge in [0.1, 0.15) is 5.82 Å². The van der Waals surface area contributed by atoms with Crippen molar-refractivity contribution in [2.75, 3.05) is 37.7 Å². The number of carboxylic acid groups (broad SMARTS) is 1. The van der Waals surface area contributed by atoms with E-state index in [1.54, 1.807) is 6.07 Å². The topological polar surface area (TPSA) is 89.8 Å². The maximum absolute atomic E-state index is 13.3. The SMILES string of the molecule is O=C(O)c1cnc(N2CCN(C(/C=C/c3cccc(F)c3)CO)CC2)nc1. The molecular weight excluding hydrogens is 351 g/mol. The molecule has 1 saturated heterocycles. The van der Waals surface area contributed by atoms with E-state index in [0.29, 0.717) is 32.1 Å². The predicted molar refractivity (Wildman–Crippen MR) is 99.1 cm³/mol. The highest BCUT2D eigenvalue weighted by Gasteiger charge is 2.23. The van der Waals surface area contributed by atoms with E-state index in [4.69, 9.17) is 5.11 Å². The molecule has 1 atom stereocenters. The van der Waals surface area contributed by atoms with Gasteiger partial charge in [-0.15, -0.1) is 0 Å². The summed E-state index contributed by atoms with van der Waals surface area (Å²) in [6, 6.07) is 6.14. The number of carbonyl (C=O) groups is 1. The van der Waals surface area contributed by atoms with Gasteiger partial charge in [-0.1, -0.05) is 24.3 Å². The number of aromatic nitrogens is 2. The van der Waals surface area contributed by atoms with Gasteiger partial charge >= 0.3 is 5.97 Å².